The molecular weight excluding hydrogens is 323 g/mol. The number of unbranched alkanes of at least 4 members (excludes halogenated alkanes) is 1. The van der Waals surface area contributed by atoms with Gasteiger partial charge in [-0.15, -0.1) is 0 Å². The third-order valence-corrected chi connectivity index (χ3v) is 5.26. The Balaban J connectivity index is 1.94. The van der Waals surface area contributed by atoms with Crippen molar-refractivity contribution in [2.45, 2.75) is 43.7 Å². The van der Waals surface area contributed by atoms with Crippen molar-refractivity contribution in [2.24, 2.45) is 0 Å². The summed E-state index contributed by atoms with van der Waals surface area (Å²) in [5, 5.41) is 2.02. The fourth-order valence-electron chi connectivity index (χ4n) is 2.14. The molecule has 2 nitrogen and oxygen atoms in total. The number of thioether (sulfide) groups is 1. The predicted octanol–water partition coefficient (Wildman–Crippen LogP) is 5.68. The first-order chi connectivity index (χ1) is 10.2. The van der Waals surface area contributed by atoms with Gasteiger partial charge < -0.3 is 4.57 Å². The first-order valence-corrected chi connectivity index (χ1v) is 9.00. The summed E-state index contributed by atoms with van der Waals surface area (Å²) in [5.74, 6) is 0.916. The summed E-state index contributed by atoms with van der Waals surface area (Å²) >= 11 is 14.1. The van der Waals surface area contributed by atoms with Crippen LogP contribution in [0.1, 0.15) is 31.7 Å². The molecule has 1 aromatic heterocycles. The Morgan fingerprint density at radius 1 is 1.33 bits per heavy atom. The van der Waals surface area contributed by atoms with E-state index in [0.29, 0.717) is 10.3 Å². The molecule has 0 amide bonds. The van der Waals surface area contributed by atoms with E-state index in [9.17, 15) is 0 Å². The lowest BCUT2D eigenvalue weighted by molar-refractivity contribution is 0.596. The molecule has 0 radical (unpaired) electrons. The highest BCUT2D eigenvalue weighted by atomic mass is 35.5. The number of halogens is 2. The highest BCUT2D eigenvalue weighted by molar-refractivity contribution is 7.99. The molecule has 5 heteroatoms. The molecule has 0 saturated heterocycles. The zero-order valence-corrected chi connectivity index (χ0v) is 14.5. The SMILES string of the molecule is CCCCC(Cn1ccnc1)SCc1ccc(Cl)cc1Cl. The third-order valence-electron chi connectivity index (χ3n) is 3.34. The second-order valence-corrected chi connectivity index (χ2v) is 7.20. The Bertz CT molecular complexity index is 543. The fraction of sp³-hybridized carbons (Fsp3) is 0.438. The van der Waals surface area contributed by atoms with Gasteiger partial charge in [-0.25, -0.2) is 4.98 Å². The van der Waals surface area contributed by atoms with Crippen molar-refractivity contribution in [3.05, 3.63) is 52.5 Å². The van der Waals surface area contributed by atoms with Crippen LogP contribution < -0.4 is 0 Å². The largest absolute Gasteiger partial charge is 0.336 e. The summed E-state index contributed by atoms with van der Waals surface area (Å²) in [7, 11) is 0. The van der Waals surface area contributed by atoms with Gasteiger partial charge in [-0.05, 0) is 24.1 Å². The van der Waals surface area contributed by atoms with E-state index in [4.69, 9.17) is 23.2 Å². The van der Waals surface area contributed by atoms with Crippen LogP contribution in [-0.2, 0) is 12.3 Å². The smallest absolute Gasteiger partial charge is 0.0946 e. The average molecular weight is 343 g/mol. The van der Waals surface area contributed by atoms with Gasteiger partial charge in [-0.2, -0.15) is 11.8 Å². The normalized spacial score (nSPS) is 12.5. The van der Waals surface area contributed by atoms with Gasteiger partial charge in [-0.1, -0.05) is 49.0 Å². The van der Waals surface area contributed by atoms with Crippen LogP contribution in [0, 0.1) is 0 Å². The molecule has 21 heavy (non-hydrogen) atoms. The van der Waals surface area contributed by atoms with Crippen LogP contribution >= 0.6 is 35.0 Å². The lowest BCUT2D eigenvalue weighted by Crippen LogP contribution is -2.12. The first-order valence-electron chi connectivity index (χ1n) is 7.20. The molecular formula is C16H20Cl2N2S. The van der Waals surface area contributed by atoms with E-state index < -0.39 is 0 Å². The van der Waals surface area contributed by atoms with E-state index in [1.54, 1.807) is 0 Å². The third kappa shape index (κ3) is 5.57. The number of hydrogen-bond donors (Lipinski definition) is 0. The Hall–Kier alpha value is -0.640. The van der Waals surface area contributed by atoms with Crippen molar-refractivity contribution in [2.75, 3.05) is 0 Å². The maximum atomic E-state index is 6.25. The van der Waals surface area contributed by atoms with Crippen LogP contribution in [0.2, 0.25) is 10.0 Å². The minimum Gasteiger partial charge on any atom is -0.336 e. The van der Waals surface area contributed by atoms with Gasteiger partial charge in [0.2, 0.25) is 0 Å². The number of aromatic nitrogens is 2. The molecule has 1 heterocycles. The van der Waals surface area contributed by atoms with Crippen LogP contribution in [0.15, 0.2) is 36.9 Å². The van der Waals surface area contributed by atoms with Gasteiger partial charge in [0.05, 0.1) is 6.33 Å². The quantitative estimate of drug-likeness (QED) is 0.613. The van der Waals surface area contributed by atoms with Crippen LogP contribution in [-0.4, -0.2) is 14.8 Å². The lowest BCUT2D eigenvalue weighted by Gasteiger charge is -2.17. The molecule has 0 spiro atoms. The van der Waals surface area contributed by atoms with Crippen LogP contribution in [0.5, 0.6) is 0 Å². The molecule has 0 aliphatic rings. The summed E-state index contributed by atoms with van der Waals surface area (Å²) in [6.07, 6.45) is 9.43. The minimum absolute atomic E-state index is 0.575. The van der Waals surface area contributed by atoms with Gasteiger partial charge in [0, 0.05) is 40.0 Å². The van der Waals surface area contributed by atoms with Crippen molar-refractivity contribution >= 4 is 35.0 Å². The number of rotatable bonds is 8. The Kier molecular flexibility index (Phi) is 6.94. The Morgan fingerprint density at radius 3 is 2.86 bits per heavy atom. The molecule has 0 saturated carbocycles. The zero-order valence-electron chi connectivity index (χ0n) is 12.1. The van der Waals surface area contributed by atoms with Gasteiger partial charge >= 0.3 is 0 Å². The van der Waals surface area contributed by atoms with Crippen molar-refractivity contribution in [1.29, 1.82) is 0 Å². The first kappa shape index (κ1) is 16.7. The molecule has 0 fully saturated rings. The molecule has 1 unspecified atom stereocenters. The molecule has 1 aromatic carbocycles. The predicted molar refractivity (Wildman–Crippen MR) is 93.3 cm³/mol. The van der Waals surface area contributed by atoms with E-state index >= 15 is 0 Å². The van der Waals surface area contributed by atoms with Crippen molar-refractivity contribution in [1.82, 2.24) is 9.55 Å². The van der Waals surface area contributed by atoms with Gasteiger partial charge in [0.15, 0.2) is 0 Å². The number of imidazole rings is 1. The van der Waals surface area contributed by atoms with E-state index in [2.05, 4.69) is 16.5 Å². The van der Waals surface area contributed by atoms with Crippen LogP contribution in [0.4, 0.5) is 0 Å². The Labute approximate surface area is 140 Å². The monoisotopic (exact) mass is 342 g/mol. The molecule has 0 N–H and O–H groups in total. The number of nitrogens with zero attached hydrogens (tertiary/aromatic N) is 2. The van der Waals surface area contributed by atoms with E-state index in [1.807, 2.05) is 48.7 Å². The lowest BCUT2D eigenvalue weighted by atomic mass is 10.2. The molecule has 0 aliphatic heterocycles. The topological polar surface area (TPSA) is 17.8 Å². The van der Waals surface area contributed by atoms with Gasteiger partial charge in [0.1, 0.15) is 0 Å². The second kappa shape index (κ2) is 8.72. The van der Waals surface area contributed by atoms with Crippen molar-refractivity contribution in [3.63, 3.8) is 0 Å². The van der Waals surface area contributed by atoms with Crippen molar-refractivity contribution in [3.8, 4) is 0 Å². The zero-order chi connectivity index (χ0) is 15.1. The molecule has 1 atom stereocenters. The van der Waals surface area contributed by atoms with E-state index in [1.165, 1.54) is 19.3 Å². The summed E-state index contributed by atoms with van der Waals surface area (Å²) in [6, 6.07) is 5.74. The number of benzene rings is 1. The summed E-state index contributed by atoms with van der Waals surface area (Å²) in [4.78, 5) is 4.12. The van der Waals surface area contributed by atoms with E-state index in [0.717, 1.165) is 22.9 Å². The minimum atomic E-state index is 0.575. The fourth-order valence-corrected chi connectivity index (χ4v) is 3.97. The molecule has 2 rings (SSSR count). The summed E-state index contributed by atoms with van der Waals surface area (Å²) < 4.78 is 2.15. The maximum Gasteiger partial charge on any atom is 0.0946 e. The number of hydrogen-bond acceptors (Lipinski definition) is 2. The molecule has 0 bridgehead atoms. The molecule has 2 aromatic rings. The maximum absolute atomic E-state index is 6.25. The van der Waals surface area contributed by atoms with Crippen LogP contribution in [0.3, 0.4) is 0 Å². The van der Waals surface area contributed by atoms with E-state index in [-0.39, 0.29) is 0 Å². The van der Waals surface area contributed by atoms with Gasteiger partial charge in [0.25, 0.3) is 0 Å². The van der Waals surface area contributed by atoms with Crippen molar-refractivity contribution < 1.29 is 0 Å². The standard InChI is InChI=1S/C16H20Cl2N2S/c1-2-3-4-15(10-20-8-7-19-12-20)21-11-13-5-6-14(17)9-16(13)18/h5-9,12,15H,2-4,10-11H2,1H3. The summed E-state index contributed by atoms with van der Waals surface area (Å²) in [6.45, 7) is 3.23. The van der Waals surface area contributed by atoms with Crippen LogP contribution in [0.25, 0.3) is 0 Å². The summed E-state index contributed by atoms with van der Waals surface area (Å²) in [5.41, 5.74) is 1.15. The Morgan fingerprint density at radius 2 is 2.19 bits per heavy atom. The molecule has 0 aliphatic carbocycles. The molecule has 114 valence electrons. The highest BCUT2D eigenvalue weighted by Gasteiger charge is 2.11. The highest BCUT2D eigenvalue weighted by Crippen LogP contribution is 2.28. The van der Waals surface area contributed by atoms with Gasteiger partial charge in [-0.3, -0.25) is 0 Å². The second-order valence-electron chi connectivity index (χ2n) is 5.07. The average Bonchev–Trinajstić information content (AvgIpc) is 2.96.